The number of anilines is 1. The average molecular weight is 314 g/mol. The molecule has 0 unspecified atom stereocenters. The summed E-state index contributed by atoms with van der Waals surface area (Å²) >= 11 is 0. The van der Waals surface area contributed by atoms with Gasteiger partial charge in [0.1, 0.15) is 13.2 Å². The van der Waals surface area contributed by atoms with Gasteiger partial charge in [-0.1, -0.05) is 12.1 Å². The van der Waals surface area contributed by atoms with Crippen LogP contribution in [-0.2, 0) is 25.5 Å². The van der Waals surface area contributed by atoms with Crippen molar-refractivity contribution in [3.63, 3.8) is 0 Å². The van der Waals surface area contributed by atoms with E-state index >= 15 is 0 Å². The van der Waals surface area contributed by atoms with Gasteiger partial charge in [0.25, 0.3) is 0 Å². The molecule has 0 bridgehead atoms. The van der Waals surface area contributed by atoms with E-state index in [-0.39, 0.29) is 30.8 Å². The zero-order chi connectivity index (χ0) is 16.5. The number of carbonyl (C=O) groups is 2. The van der Waals surface area contributed by atoms with E-state index in [4.69, 9.17) is 19.9 Å². The van der Waals surface area contributed by atoms with E-state index in [1.165, 1.54) is 0 Å². The lowest BCUT2D eigenvalue weighted by molar-refractivity contribution is -0.146. The molecule has 0 aliphatic heterocycles. The number of carbonyl (C=O) groups excluding carboxylic acids is 2. The molecule has 9 nitrogen and oxygen atoms in total. The number of nitrogens with zero attached hydrogens (tertiary/aromatic N) is 3. The van der Waals surface area contributed by atoms with Crippen LogP contribution in [0.5, 0.6) is 0 Å². The van der Waals surface area contributed by atoms with Crippen LogP contribution in [0, 0.1) is 0 Å². The molecule has 1 aromatic heterocycles. The van der Waals surface area contributed by atoms with E-state index < -0.39 is 11.9 Å². The lowest BCUT2D eigenvalue weighted by Crippen LogP contribution is -2.19. The number of esters is 2. The van der Waals surface area contributed by atoms with Crippen molar-refractivity contribution in [2.24, 2.45) is 0 Å². The van der Waals surface area contributed by atoms with Gasteiger partial charge in [0.05, 0.1) is 12.7 Å². The molecule has 0 saturated heterocycles. The molecule has 0 fully saturated rings. The maximum absolute atomic E-state index is 11.7. The minimum atomic E-state index is -0.680. The first-order valence-corrected chi connectivity index (χ1v) is 7.09. The molecule has 0 radical (unpaired) electrons. The molecule has 0 aromatic carbocycles. The van der Waals surface area contributed by atoms with E-state index in [0.717, 1.165) is 11.1 Å². The van der Waals surface area contributed by atoms with Crippen LogP contribution in [-0.4, -0.2) is 52.9 Å². The molecule has 0 spiro atoms. The molecule has 0 saturated carbocycles. The maximum Gasteiger partial charge on any atom is 0.363 e. The quantitative estimate of drug-likeness (QED) is 0.514. The van der Waals surface area contributed by atoms with Crippen LogP contribution in [0.3, 0.4) is 0 Å². The first kappa shape index (κ1) is 17.9. The minimum absolute atomic E-state index is 0.0372. The molecule has 0 aliphatic rings. The molecule has 1 rings (SSSR count). The van der Waals surface area contributed by atoms with Gasteiger partial charge in [0, 0.05) is 6.61 Å². The third kappa shape index (κ3) is 5.68. The van der Waals surface area contributed by atoms with E-state index in [0.29, 0.717) is 13.2 Å². The number of nitrogens with two attached hydrogens (primary N) is 1. The second-order valence-electron chi connectivity index (χ2n) is 4.77. The van der Waals surface area contributed by atoms with Gasteiger partial charge in [-0.3, -0.25) is 4.79 Å². The molecule has 1 aromatic rings. The molecule has 0 atom stereocenters. The van der Waals surface area contributed by atoms with Crippen molar-refractivity contribution in [3.8, 4) is 0 Å². The van der Waals surface area contributed by atoms with Crippen LogP contribution in [0.1, 0.15) is 37.7 Å². The number of aromatic nitrogens is 3. The van der Waals surface area contributed by atoms with Crippen molar-refractivity contribution in [2.75, 3.05) is 25.6 Å². The molecule has 0 amide bonds. The van der Waals surface area contributed by atoms with Crippen molar-refractivity contribution in [3.05, 3.63) is 5.69 Å². The van der Waals surface area contributed by atoms with Gasteiger partial charge in [-0.05, 0) is 20.3 Å². The van der Waals surface area contributed by atoms with Gasteiger partial charge in [0.15, 0.2) is 5.82 Å². The number of rotatable bonds is 9. The highest BCUT2D eigenvalue weighted by atomic mass is 16.6. The SMILES string of the molecule is CCCOCCOC(=O)Cn1nnc(C(=O)OC(C)C)c1N. The highest BCUT2D eigenvalue weighted by molar-refractivity contribution is 5.92. The fourth-order valence-corrected chi connectivity index (χ4v) is 1.48. The largest absolute Gasteiger partial charge is 0.462 e. The predicted octanol–water partition coefficient (Wildman–Crippen LogP) is 0.395. The van der Waals surface area contributed by atoms with E-state index in [9.17, 15) is 9.59 Å². The Kier molecular flexibility index (Phi) is 7.30. The standard InChI is InChI=1S/C13H22N4O5/c1-4-5-20-6-7-21-10(18)8-17-12(14)11(15-16-17)13(19)22-9(2)3/h9H,4-8,14H2,1-3H3. The molecular weight excluding hydrogens is 292 g/mol. The highest BCUT2D eigenvalue weighted by Gasteiger charge is 2.21. The number of hydrogen-bond acceptors (Lipinski definition) is 8. The summed E-state index contributed by atoms with van der Waals surface area (Å²) in [6, 6.07) is 0. The van der Waals surface area contributed by atoms with Gasteiger partial charge in [-0.2, -0.15) is 0 Å². The maximum atomic E-state index is 11.7. The summed E-state index contributed by atoms with van der Waals surface area (Å²) in [7, 11) is 0. The van der Waals surface area contributed by atoms with Gasteiger partial charge in [-0.25, -0.2) is 9.48 Å². The minimum Gasteiger partial charge on any atom is -0.462 e. The Morgan fingerprint density at radius 2 is 2.00 bits per heavy atom. The van der Waals surface area contributed by atoms with Crippen molar-refractivity contribution in [2.45, 2.75) is 39.8 Å². The Hall–Kier alpha value is -2.16. The molecule has 9 heteroatoms. The van der Waals surface area contributed by atoms with Gasteiger partial charge < -0.3 is 19.9 Å². The normalized spacial score (nSPS) is 10.7. The molecule has 22 heavy (non-hydrogen) atoms. The Balaban J connectivity index is 2.48. The average Bonchev–Trinajstić information content (AvgIpc) is 2.79. The lowest BCUT2D eigenvalue weighted by Gasteiger charge is -2.07. The molecule has 2 N–H and O–H groups in total. The van der Waals surface area contributed by atoms with Crippen LogP contribution in [0.4, 0.5) is 5.82 Å². The number of ether oxygens (including phenoxy) is 3. The summed E-state index contributed by atoms with van der Waals surface area (Å²) in [6.07, 6.45) is 0.601. The van der Waals surface area contributed by atoms with E-state index in [2.05, 4.69) is 10.3 Å². The lowest BCUT2D eigenvalue weighted by atomic mass is 10.4. The topological polar surface area (TPSA) is 119 Å². The van der Waals surface area contributed by atoms with Crippen molar-refractivity contribution < 1.29 is 23.8 Å². The van der Waals surface area contributed by atoms with Crippen LogP contribution < -0.4 is 5.73 Å². The van der Waals surface area contributed by atoms with Crippen molar-refractivity contribution in [1.29, 1.82) is 0 Å². The smallest absolute Gasteiger partial charge is 0.363 e. The monoisotopic (exact) mass is 314 g/mol. The Morgan fingerprint density at radius 3 is 2.64 bits per heavy atom. The van der Waals surface area contributed by atoms with Gasteiger partial charge >= 0.3 is 11.9 Å². The first-order chi connectivity index (χ1) is 10.5. The molecule has 1 heterocycles. The van der Waals surface area contributed by atoms with Gasteiger partial charge in [0.2, 0.25) is 5.69 Å². The fourth-order valence-electron chi connectivity index (χ4n) is 1.48. The summed E-state index contributed by atoms with van der Waals surface area (Å²) < 4.78 is 16.2. The third-order valence-electron chi connectivity index (χ3n) is 2.43. The van der Waals surface area contributed by atoms with Crippen LogP contribution in [0.2, 0.25) is 0 Å². The van der Waals surface area contributed by atoms with E-state index in [1.807, 2.05) is 6.92 Å². The molecule has 0 aliphatic carbocycles. The predicted molar refractivity (Wildman–Crippen MR) is 77.1 cm³/mol. The zero-order valence-corrected chi connectivity index (χ0v) is 13.1. The zero-order valence-electron chi connectivity index (χ0n) is 13.1. The number of nitrogen functional groups attached to an aromatic ring is 1. The van der Waals surface area contributed by atoms with Crippen LogP contribution >= 0.6 is 0 Å². The number of hydrogen-bond donors (Lipinski definition) is 1. The molecule has 124 valence electrons. The van der Waals surface area contributed by atoms with Crippen LogP contribution in [0.15, 0.2) is 0 Å². The van der Waals surface area contributed by atoms with Gasteiger partial charge in [-0.15, -0.1) is 5.10 Å². The molecular formula is C13H22N4O5. The summed E-state index contributed by atoms with van der Waals surface area (Å²) in [5.74, 6) is -1.26. The van der Waals surface area contributed by atoms with Crippen molar-refractivity contribution >= 4 is 17.8 Å². The summed E-state index contributed by atoms with van der Waals surface area (Å²) in [5, 5.41) is 7.27. The van der Waals surface area contributed by atoms with Crippen molar-refractivity contribution in [1.82, 2.24) is 15.0 Å². The Morgan fingerprint density at radius 1 is 1.27 bits per heavy atom. The summed E-state index contributed by atoms with van der Waals surface area (Å²) in [4.78, 5) is 23.3. The first-order valence-electron chi connectivity index (χ1n) is 7.09. The summed E-state index contributed by atoms with van der Waals surface area (Å²) in [5.41, 5.74) is 5.61. The Bertz CT molecular complexity index is 501. The second kappa shape index (κ2) is 8.98. The third-order valence-corrected chi connectivity index (χ3v) is 2.43. The summed E-state index contributed by atoms with van der Waals surface area (Å²) in [6.45, 7) is 6.26. The van der Waals surface area contributed by atoms with Crippen LogP contribution in [0.25, 0.3) is 0 Å². The highest BCUT2D eigenvalue weighted by Crippen LogP contribution is 2.10. The Labute approximate surface area is 128 Å². The fraction of sp³-hybridized carbons (Fsp3) is 0.692. The van der Waals surface area contributed by atoms with E-state index in [1.54, 1.807) is 13.8 Å². The second-order valence-corrected chi connectivity index (χ2v) is 4.77.